The van der Waals surface area contributed by atoms with Crippen molar-refractivity contribution in [3.8, 4) is 20.2 Å². The molecule has 3 heterocycles. The molecule has 238 valence electrons. The second kappa shape index (κ2) is 11.8. The first kappa shape index (κ1) is 30.0. The molecule has 0 aliphatic rings. The van der Waals surface area contributed by atoms with Crippen molar-refractivity contribution in [2.75, 3.05) is 10.9 Å². The number of para-hydroxylation sites is 2. The van der Waals surface area contributed by atoms with Gasteiger partial charge < -0.3 is 0 Å². The summed E-state index contributed by atoms with van der Waals surface area (Å²) in [4.78, 5) is 5.10. The highest BCUT2D eigenvalue weighted by Gasteiger charge is 2.24. The molecule has 0 radical (unpaired) electrons. The predicted octanol–water partition coefficient (Wildman–Crippen LogP) is 11.8. The lowest BCUT2D eigenvalue weighted by Gasteiger charge is -2.07. The maximum absolute atomic E-state index is 5.17. The maximum atomic E-state index is 5.17. The average molecular weight is 689 g/mol. The van der Waals surface area contributed by atoms with E-state index in [9.17, 15) is 0 Å². The summed E-state index contributed by atoms with van der Waals surface area (Å²) in [7, 11) is 0. The maximum Gasteiger partial charge on any atom is 0.100 e. The molecule has 4 nitrogen and oxygen atoms in total. The third-order valence-corrected chi connectivity index (χ3v) is 12.9. The first-order valence-corrected chi connectivity index (χ1v) is 18.8. The van der Waals surface area contributed by atoms with Gasteiger partial charge in [-0.15, -0.1) is 34.0 Å². The SMILES string of the molecule is Cc1ccc(-c2ccc(-c3cc4/c(=N/Nc5ccccc5)c5c(C)c6c(c(C)c5c4s3)/c(=N\Nc3ccccc3)c3cc(C)sc36)s2)cc1. The second-order valence-corrected chi connectivity index (χ2v) is 16.0. The fourth-order valence-electron chi connectivity index (χ4n) is 7.02. The molecule has 0 bridgehead atoms. The molecule has 0 saturated heterocycles. The van der Waals surface area contributed by atoms with Crippen molar-refractivity contribution in [2.24, 2.45) is 10.2 Å². The zero-order chi connectivity index (χ0) is 33.2. The van der Waals surface area contributed by atoms with Crippen LogP contribution in [0.4, 0.5) is 11.4 Å². The largest absolute Gasteiger partial charge is 0.278 e. The summed E-state index contributed by atoms with van der Waals surface area (Å²) >= 11 is 5.57. The van der Waals surface area contributed by atoms with Crippen LogP contribution in [0, 0.1) is 27.7 Å². The fourth-order valence-corrected chi connectivity index (χ4v) is 10.5. The van der Waals surface area contributed by atoms with Gasteiger partial charge in [0.2, 0.25) is 0 Å². The van der Waals surface area contributed by atoms with Crippen molar-refractivity contribution in [1.82, 2.24) is 0 Å². The lowest BCUT2D eigenvalue weighted by molar-refractivity contribution is 1.25. The summed E-state index contributed by atoms with van der Waals surface area (Å²) in [6.45, 7) is 8.86. The Kier molecular flexibility index (Phi) is 7.23. The van der Waals surface area contributed by atoms with Gasteiger partial charge in [0, 0.05) is 61.2 Å². The number of nitrogens with one attached hydrogen (secondary N) is 2. The van der Waals surface area contributed by atoms with Gasteiger partial charge >= 0.3 is 0 Å². The third kappa shape index (κ3) is 5.00. The molecule has 2 N–H and O–H groups in total. The van der Waals surface area contributed by atoms with E-state index in [1.54, 1.807) is 0 Å². The molecule has 0 aliphatic carbocycles. The summed E-state index contributed by atoms with van der Waals surface area (Å²) in [5.74, 6) is 0. The van der Waals surface area contributed by atoms with E-state index in [0.29, 0.717) is 0 Å². The fraction of sp³-hybridized carbons (Fsp3) is 0.0952. The van der Waals surface area contributed by atoms with E-state index in [0.717, 1.165) is 22.1 Å². The lowest BCUT2D eigenvalue weighted by Crippen LogP contribution is -2.07. The van der Waals surface area contributed by atoms with E-state index in [4.69, 9.17) is 10.2 Å². The van der Waals surface area contributed by atoms with Crippen molar-refractivity contribution in [3.05, 3.63) is 141 Å². The van der Waals surface area contributed by atoms with Crippen LogP contribution in [0.5, 0.6) is 0 Å². The third-order valence-electron chi connectivity index (χ3n) is 9.35. The average Bonchev–Trinajstić information content (AvgIpc) is 3.93. The molecule has 6 aromatic carbocycles. The summed E-state index contributed by atoms with van der Waals surface area (Å²) in [5.41, 5.74) is 13.7. The topological polar surface area (TPSA) is 48.8 Å². The highest BCUT2D eigenvalue weighted by atomic mass is 32.1. The molecule has 49 heavy (non-hydrogen) atoms. The Balaban J connectivity index is 1.32. The van der Waals surface area contributed by atoms with E-state index in [1.165, 1.54) is 83.5 Å². The van der Waals surface area contributed by atoms with Crippen LogP contribution in [-0.4, -0.2) is 0 Å². The Hall–Kier alpha value is -5.08. The molecule has 0 saturated carbocycles. The van der Waals surface area contributed by atoms with Crippen molar-refractivity contribution >= 4 is 87.1 Å². The minimum atomic E-state index is 0.967. The molecule has 0 spiro atoms. The van der Waals surface area contributed by atoms with Crippen LogP contribution in [0.2, 0.25) is 0 Å². The van der Waals surface area contributed by atoms with Crippen LogP contribution in [0.1, 0.15) is 21.6 Å². The quantitative estimate of drug-likeness (QED) is 0.171. The highest BCUT2D eigenvalue weighted by molar-refractivity contribution is 7.27. The number of hydrogen-bond acceptors (Lipinski definition) is 7. The van der Waals surface area contributed by atoms with Gasteiger partial charge in [-0.1, -0.05) is 66.2 Å². The number of benzene rings is 4. The minimum absolute atomic E-state index is 0.967. The van der Waals surface area contributed by atoms with E-state index in [1.807, 2.05) is 70.4 Å². The number of fused-ring (bicyclic) bond motifs is 6. The number of rotatable bonds is 6. The van der Waals surface area contributed by atoms with Gasteiger partial charge in [-0.25, -0.2) is 0 Å². The molecule has 7 heteroatoms. The molecular formula is C42H32N4S3. The lowest BCUT2D eigenvalue weighted by atomic mass is 9.98. The van der Waals surface area contributed by atoms with Crippen LogP contribution >= 0.6 is 34.0 Å². The summed E-state index contributed by atoms with van der Waals surface area (Å²) < 4.78 is 2.56. The smallest absolute Gasteiger partial charge is 0.100 e. The molecular weight excluding hydrogens is 657 g/mol. The van der Waals surface area contributed by atoms with Crippen LogP contribution in [0.15, 0.2) is 119 Å². The summed E-state index contributed by atoms with van der Waals surface area (Å²) in [5, 5.41) is 19.6. The number of anilines is 2. The monoisotopic (exact) mass is 688 g/mol. The molecule has 3 aromatic heterocycles. The van der Waals surface area contributed by atoms with Crippen molar-refractivity contribution < 1.29 is 0 Å². The standard InChI is InChI=1S/C42H32N4S3/c1-23-15-17-27(18-16-23)32-19-20-33(48-32)34-22-31-40(46-44-29-13-9-6-10-14-29)36-25(3)37-35(26(4)38(36)42(31)49-34)39(30-21-24(2)47-41(30)37)45-43-28-11-7-5-8-12-28/h5-22,43-44H,1-4H3/b45-39-,46-40-. The van der Waals surface area contributed by atoms with E-state index in [-0.39, 0.29) is 0 Å². The summed E-state index contributed by atoms with van der Waals surface area (Å²) in [6, 6.07) is 38.4. The Labute approximate surface area is 296 Å². The Morgan fingerprint density at radius 3 is 1.59 bits per heavy atom. The number of nitrogens with zero attached hydrogens (tertiary/aromatic N) is 2. The van der Waals surface area contributed by atoms with Crippen LogP contribution in [0.3, 0.4) is 0 Å². The van der Waals surface area contributed by atoms with E-state index < -0.39 is 0 Å². The van der Waals surface area contributed by atoms with Gasteiger partial charge in [0.15, 0.2) is 0 Å². The Morgan fingerprint density at radius 1 is 0.469 bits per heavy atom. The summed E-state index contributed by atoms with van der Waals surface area (Å²) in [6.07, 6.45) is 0. The molecule has 0 amide bonds. The zero-order valence-electron chi connectivity index (χ0n) is 27.5. The normalized spacial score (nSPS) is 12.7. The molecule has 0 unspecified atom stereocenters. The van der Waals surface area contributed by atoms with Crippen molar-refractivity contribution in [2.45, 2.75) is 27.7 Å². The second-order valence-electron chi connectivity index (χ2n) is 12.6. The van der Waals surface area contributed by atoms with E-state index in [2.05, 4.69) is 111 Å². The van der Waals surface area contributed by atoms with Crippen molar-refractivity contribution in [3.63, 3.8) is 0 Å². The minimum Gasteiger partial charge on any atom is -0.278 e. The first-order chi connectivity index (χ1) is 23.9. The molecule has 0 fully saturated rings. The highest BCUT2D eigenvalue weighted by Crippen LogP contribution is 2.46. The zero-order valence-corrected chi connectivity index (χ0v) is 30.0. The van der Waals surface area contributed by atoms with Crippen LogP contribution in [0.25, 0.3) is 61.9 Å². The molecule has 0 atom stereocenters. The first-order valence-electron chi connectivity index (χ1n) is 16.3. The van der Waals surface area contributed by atoms with Crippen LogP contribution in [-0.2, 0) is 0 Å². The number of aryl methyl sites for hydroxylation is 4. The van der Waals surface area contributed by atoms with Gasteiger partial charge in [0.25, 0.3) is 0 Å². The number of thiophene rings is 3. The molecule has 9 rings (SSSR count). The van der Waals surface area contributed by atoms with Crippen molar-refractivity contribution in [1.29, 1.82) is 0 Å². The molecule has 0 aliphatic heterocycles. The van der Waals surface area contributed by atoms with Gasteiger partial charge in [0.05, 0.1) is 11.4 Å². The van der Waals surface area contributed by atoms with Gasteiger partial charge in [0.1, 0.15) is 10.7 Å². The molecule has 9 aromatic rings. The van der Waals surface area contributed by atoms with E-state index >= 15 is 0 Å². The Bertz CT molecular complexity index is 2790. The predicted molar refractivity (Wildman–Crippen MR) is 214 cm³/mol. The van der Waals surface area contributed by atoms with Gasteiger partial charge in [-0.05, 0) is 92.9 Å². The number of hydrogen-bond donors (Lipinski definition) is 2. The van der Waals surface area contributed by atoms with Gasteiger partial charge in [-0.3, -0.25) is 10.9 Å². The van der Waals surface area contributed by atoms with Gasteiger partial charge in [-0.2, -0.15) is 10.2 Å². The van der Waals surface area contributed by atoms with Crippen LogP contribution < -0.4 is 21.6 Å². The Morgan fingerprint density at radius 2 is 1.00 bits per heavy atom.